The van der Waals surface area contributed by atoms with E-state index >= 15 is 0 Å². The van der Waals surface area contributed by atoms with Crippen molar-refractivity contribution in [2.24, 2.45) is 0 Å². The van der Waals surface area contributed by atoms with Crippen LogP contribution in [-0.4, -0.2) is 39.8 Å². The lowest BCUT2D eigenvalue weighted by Crippen LogP contribution is -2.65. The van der Waals surface area contributed by atoms with Crippen LogP contribution >= 0.6 is 0 Å². The number of amides is 3. The third kappa shape index (κ3) is 2.24. The molecule has 1 aromatic carbocycles. The van der Waals surface area contributed by atoms with Gasteiger partial charge in [-0.05, 0) is 38.5 Å². The number of hydrogen-bond donors (Lipinski definition) is 2. The van der Waals surface area contributed by atoms with E-state index in [1.54, 1.807) is 26.8 Å². The standard InChI is InChI=1S/C14H16N2O4/c1-8-4-5-9(10(17)6-8)12(19)16-7-11(18)15-13(20)14(16,2)3/h4-6,17H,7H2,1-3H3,(H,15,18,20). The van der Waals surface area contributed by atoms with E-state index in [1.807, 2.05) is 0 Å². The van der Waals surface area contributed by atoms with Crippen molar-refractivity contribution in [1.29, 1.82) is 0 Å². The highest BCUT2D eigenvalue weighted by Gasteiger charge is 2.44. The quantitative estimate of drug-likeness (QED) is 0.734. The van der Waals surface area contributed by atoms with Crippen LogP contribution in [0.15, 0.2) is 18.2 Å². The number of aryl methyl sites for hydroxylation is 1. The second-order valence-electron chi connectivity index (χ2n) is 5.35. The second kappa shape index (κ2) is 4.63. The van der Waals surface area contributed by atoms with Gasteiger partial charge in [0.25, 0.3) is 11.8 Å². The molecule has 6 heteroatoms. The average Bonchev–Trinajstić information content (AvgIpc) is 2.33. The zero-order valence-electron chi connectivity index (χ0n) is 11.6. The fraction of sp³-hybridized carbons (Fsp3) is 0.357. The molecule has 0 saturated carbocycles. The van der Waals surface area contributed by atoms with Crippen molar-refractivity contribution < 1.29 is 19.5 Å². The number of carbonyl (C=O) groups excluding carboxylic acids is 3. The van der Waals surface area contributed by atoms with E-state index in [1.165, 1.54) is 17.0 Å². The number of benzene rings is 1. The zero-order chi connectivity index (χ0) is 15.1. The predicted octanol–water partition coefficient (Wildman–Crippen LogP) is 0.578. The third-order valence-electron chi connectivity index (χ3n) is 3.41. The summed E-state index contributed by atoms with van der Waals surface area (Å²) in [5, 5.41) is 12.1. The highest BCUT2D eigenvalue weighted by atomic mass is 16.3. The molecule has 0 aromatic heterocycles. The molecule has 6 nitrogen and oxygen atoms in total. The van der Waals surface area contributed by atoms with Crippen LogP contribution in [0.3, 0.4) is 0 Å². The molecule has 106 valence electrons. The van der Waals surface area contributed by atoms with Crippen molar-refractivity contribution in [2.45, 2.75) is 26.3 Å². The summed E-state index contributed by atoms with van der Waals surface area (Å²) in [6.45, 7) is 4.68. The maximum atomic E-state index is 12.5. The summed E-state index contributed by atoms with van der Waals surface area (Å²) in [5.74, 6) is -1.78. The Morgan fingerprint density at radius 2 is 2.00 bits per heavy atom. The van der Waals surface area contributed by atoms with Crippen LogP contribution in [0, 0.1) is 6.92 Å². The van der Waals surface area contributed by atoms with Gasteiger partial charge < -0.3 is 10.0 Å². The minimum atomic E-state index is -1.15. The van der Waals surface area contributed by atoms with Gasteiger partial charge >= 0.3 is 0 Å². The van der Waals surface area contributed by atoms with E-state index in [2.05, 4.69) is 5.32 Å². The van der Waals surface area contributed by atoms with E-state index in [9.17, 15) is 19.5 Å². The molecular formula is C14H16N2O4. The van der Waals surface area contributed by atoms with E-state index in [0.29, 0.717) is 0 Å². The largest absolute Gasteiger partial charge is 0.507 e. The lowest BCUT2D eigenvalue weighted by atomic mass is 9.97. The van der Waals surface area contributed by atoms with Crippen LogP contribution in [0.25, 0.3) is 0 Å². The third-order valence-corrected chi connectivity index (χ3v) is 3.41. The first-order valence-corrected chi connectivity index (χ1v) is 6.19. The molecule has 20 heavy (non-hydrogen) atoms. The van der Waals surface area contributed by atoms with Gasteiger partial charge in [-0.2, -0.15) is 0 Å². The Hall–Kier alpha value is -2.37. The number of aromatic hydroxyl groups is 1. The number of nitrogens with zero attached hydrogens (tertiary/aromatic N) is 1. The SMILES string of the molecule is Cc1ccc(C(=O)N2CC(=O)NC(=O)C2(C)C)c(O)c1. The number of nitrogens with one attached hydrogen (secondary N) is 1. The van der Waals surface area contributed by atoms with Crippen LogP contribution in [0.1, 0.15) is 29.8 Å². The molecule has 1 aliphatic heterocycles. The molecule has 0 unspecified atom stereocenters. The van der Waals surface area contributed by atoms with E-state index < -0.39 is 23.3 Å². The van der Waals surface area contributed by atoms with Crippen molar-refractivity contribution in [1.82, 2.24) is 10.2 Å². The van der Waals surface area contributed by atoms with Gasteiger partial charge in [-0.15, -0.1) is 0 Å². The molecule has 0 radical (unpaired) electrons. The number of phenolic OH excluding ortho intramolecular Hbond substituents is 1. The Balaban J connectivity index is 2.40. The molecular weight excluding hydrogens is 260 g/mol. The highest BCUT2D eigenvalue weighted by molar-refractivity contribution is 6.09. The van der Waals surface area contributed by atoms with Crippen LogP contribution in [0.4, 0.5) is 0 Å². The fourth-order valence-corrected chi connectivity index (χ4v) is 2.08. The van der Waals surface area contributed by atoms with Crippen LogP contribution < -0.4 is 5.32 Å². The number of carbonyl (C=O) groups is 3. The summed E-state index contributed by atoms with van der Waals surface area (Å²) in [7, 11) is 0. The van der Waals surface area contributed by atoms with Gasteiger partial charge in [0.2, 0.25) is 5.91 Å². The van der Waals surface area contributed by atoms with Crippen molar-refractivity contribution in [3.05, 3.63) is 29.3 Å². The highest BCUT2D eigenvalue weighted by Crippen LogP contribution is 2.25. The number of imide groups is 1. The summed E-state index contributed by atoms with van der Waals surface area (Å²) in [4.78, 5) is 36.9. The molecule has 1 fully saturated rings. The molecule has 1 heterocycles. The molecule has 3 amide bonds. The van der Waals surface area contributed by atoms with Crippen LogP contribution in [0.5, 0.6) is 5.75 Å². The smallest absolute Gasteiger partial charge is 0.258 e. The zero-order valence-corrected chi connectivity index (χ0v) is 11.6. The second-order valence-corrected chi connectivity index (χ2v) is 5.35. The van der Waals surface area contributed by atoms with Gasteiger partial charge in [0.05, 0.1) is 5.56 Å². The van der Waals surface area contributed by atoms with Gasteiger partial charge in [0, 0.05) is 0 Å². The molecule has 2 rings (SSSR count). The Morgan fingerprint density at radius 3 is 2.60 bits per heavy atom. The minimum absolute atomic E-state index is 0.0752. The summed E-state index contributed by atoms with van der Waals surface area (Å²) in [6.07, 6.45) is 0. The molecule has 1 aliphatic rings. The molecule has 0 aliphatic carbocycles. The maximum absolute atomic E-state index is 12.5. The summed E-state index contributed by atoms with van der Waals surface area (Å²) in [6, 6.07) is 4.64. The van der Waals surface area contributed by atoms with Gasteiger partial charge in [-0.1, -0.05) is 6.07 Å². The number of phenols is 1. The average molecular weight is 276 g/mol. The summed E-state index contributed by atoms with van der Waals surface area (Å²) < 4.78 is 0. The van der Waals surface area contributed by atoms with Crippen molar-refractivity contribution in [3.63, 3.8) is 0 Å². The lowest BCUT2D eigenvalue weighted by Gasteiger charge is -2.40. The van der Waals surface area contributed by atoms with Crippen LogP contribution in [0.2, 0.25) is 0 Å². The molecule has 1 saturated heterocycles. The molecule has 2 N–H and O–H groups in total. The lowest BCUT2D eigenvalue weighted by molar-refractivity contribution is -0.143. The first-order chi connectivity index (χ1) is 9.23. The Kier molecular flexibility index (Phi) is 3.25. The molecule has 0 bridgehead atoms. The molecule has 0 atom stereocenters. The maximum Gasteiger partial charge on any atom is 0.258 e. The first kappa shape index (κ1) is 14.0. The fourth-order valence-electron chi connectivity index (χ4n) is 2.08. The topological polar surface area (TPSA) is 86.7 Å². The van der Waals surface area contributed by atoms with E-state index in [4.69, 9.17) is 0 Å². The number of hydrogen-bond acceptors (Lipinski definition) is 4. The van der Waals surface area contributed by atoms with E-state index in [-0.39, 0.29) is 17.9 Å². The first-order valence-electron chi connectivity index (χ1n) is 6.19. The van der Waals surface area contributed by atoms with Crippen molar-refractivity contribution in [2.75, 3.05) is 6.54 Å². The number of rotatable bonds is 1. The summed E-state index contributed by atoms with van der Waals surface area (Å²) >= 11 is 0. The van der Waals surface area contributed by atoms with Crippen LogP contribution in [-0.2, 0) is 9.59 Å². The monoisotopic (exact) mass is 276 g/mol. The summed E-state index contributed by atoms with van der Waals surface area (Å²) in [5.41, 5.74) is -0.264. The van der Waals surface area contributed by atoms with Gasteiger partial charge in [0.1, 0.15) is 17.8 Å². The number of piperazine rings is 1. The predicted molar refractivity (Wildman–Crippen MR) is 71.1 cm³/mol. The minimum Gasteiger partial charge on any atom is -0.507 e. The van der Waals surface area contributed by atoms with Gasteiger partial charge in [-0.3, -0.25) is 19.7 Å². The molecule has 1 aromatic rings. The van der Waals surface area contributed by atoms with E-state index in [0.717, 1.165) is 5.56 Å². The normalized spacial score (nSPS) is 17.9. The Labute approximate surface area is 116 Å². The van der Waals surface area contributed by atoms with Crippen molar-refractivity contribution >= 4 is 17.7 Å². The Morgan fingerprint density at radius 1 is 1.35 bits per heavy atom. The Bertz CT molecular complexity index is 607. The van der Waals surface area contributed by atoms with Crippen molar-refractivity contribution in [3.8, 4) is 5.75 Å². The van der Waals surface area contributed by atoms with Gasteiger partial charge in [0.15, 0.2) is 0 Å². The molecule has 0 spiro atoms. The van der Waals surface area contributed by atoms with Gasteiger partial charge in [-0.25, -0.2) is 0 Å².